The number of para-hydroxylation sites is 1. The van der Waals surface area contributed by atoms with E-state index in [1.165, 1.54) is 28.7 Å². The minimum Gasteiger partial charge on any atom is -0.497 e. The number of carbonyl (C=O) groups excluding carboxylic acids is 1. The van der Waals surface area contributed by atoms with Crippen molar-refractivity contribution in [3.8, 4) is 5.75 Å². The van der Waals surface area contributed by atoms with Crippen LogP contribution < -0.4 is 15.2 Å². The van der Waals surface area contributed by atoms with Gasteiger partial charge >= 0.3 is 0 Å². The summed E-state index contributed by atoms with van der Waals surface area (Å²) in [4.78, 5) is 32.7. The van der Waals surface area contributed by atoms with E-state index in [-0.39, 0.29) is 17.2 Å². The Kier molecular flexibility index (Phi) is 5.71. The topological polar surface area (TPSA) is 64.4 Å². The second kappa shape index (κ2) is 8.80. The maximum atomic E-state index is 13.2. The molecule has 32 heavy (non-hydrogen) atoms. The third-order valence-electron chi connectivity index (χ3n) is 5.54. The first kappa shape index (κ1) is 20.8. The van der Waals surface area contributed by atoms with Gasteiger partial charge < -0.3 is 9.64 Å². The fraction of sp³-hybridized carbons (Fsp3) is 0.208. The van der Waals surface area contributed by atoms with Crippen LogP contribution in [0, 0.1) is 0 Å². The van der Waals surface area contributed by atoms with Crippen molar-refractivity contribution in [3.63, 3.8) is 0 Å². The van der Waals surface area contributed by atoms with Crippen LogP contribution in [0.1, 0.15) is 11.1 Å². The van der Waals surface area contributed by atoms with Gasteiger partial charge in [0.25, 0.3) is 5.56 Å². The minimum atomic E-state index is -0.0812. The number of benzene rings is 2. The number of nitrogens with zero attached hydrogens (tertiary/aromatic N) is 3. The van der Waals surface area contributed by atoms with Gasteiger partial charge in [0.15, 0.2) is 5.16 Å². The number of thioether (sulfide) groups is 1. The Morgan fingerprint density at radius 1 is 1.16 bits per heavy atom. The van der Waals surface area contributed by atoms with Crippen molar-refractivity contribution in [3.05, 3.63) is 81.5 Å². The molecule has 1 aliphatic rings. The van der Waals surface area contributed by atoms with E-state index < -0.39 is 0 Å². The van der Waals surface area contributed by atoms with Crippen molar-refractivity contribution >= 4 is 44.9 Å². The molecular weight excluding hydrogens is 442 g/mol. The fourth-order valence-corrected chi connectivity index (χ4v) is 5.54. The van der Waals surface area contributed by atoms with Crippen molar-refractivity contribution in [2.75, 3.05) is 24.3 Å². The molecule has 0 saturated heterocycles. The van der Waals surface area contributed by atoms with E-state index in [2.05, 4.69) is 6.07 Å². The molecule has 6 nitrogen and oxygen atoms in total. The largest absolute Gasteiger partial charge is 0.497 e. The van der Waals surface area contributed by atoms with Gasteiger partial charge in [0, 0.05) is 12.2 Å². The summed E-state index contributed by atoms with van der Waals surface area (Å²) in [5, 5.41) is 2.43. The summed E-state index contributed by atoms with van der Waals surface area (Å²) in [6.45, 7) is 1.07. The van der Waals surface area contributed by atoms with Gasteiger partial charge in [-0.15, -0.1) is 11.3 Å². The normalized spacial score (nSPS) is 12.8. The molecule has 2 aromatic carbocycles. The van der Waals surface area contributed by atoms with Gasteiger partial charge in [-0.3, -0.25) is 14.2 Å². The highest BCUT2D eigenvalue weighted by Gasteiger charge is 2.24. The molecule has 0 N–H and O–H groups in total. The number of hydrogen-bond donors (Lipinski definition) is 0. The second-order valence-corrected chi connectivity index (χ2v) is 9.34. The second-order valence-electron chi connectivity index (χ2n) is 7.48. The van der Waals surface area contributed by atoms with Gasteiger partial charge in [-0.25, -0.2) is 4.98 Å². The van der Waals surface area contributed by atoms with Gasteiger partial charge in [0.05, 0.1) is 24.9 Å². The Morgan fingerprint density at radius 3 is 2.78 bits per heavy atom. The molecule has 0 spiro atoms. The lowest BCUT2D eigenvalue weighted by molar-refractivity contribution is -0.116. The van der Waals surface area contributed by atoms with Crippen molar-refractivity contribution in [2.45, 2.75) is 18.1 Å². The molecule has 4 aromatic rings. The van der Waals surface area contributed by atoms with Gasteiger partial charge in [-0.2, -0.15) is 0 Å². The number of anilines is 1. The zero-order valence-electron chi connectivity index (χ0n) is 17.5. The third-order valence-corrected chi connectivity index (χ3v) is 7.40. The Morgan fingerprint density at radius 2 is 1.97 bits per heavy atom. The van der Waals surface area contributed by atoms with Crippen LogP contribution in [-0.2, 0) is 17.8 Å². The molecule has 0 unspecified atom stereocenters. The van der Waals surface area contributed by atoms with Crippen LogP contribution in [0.3, 0.4) is 0 Å². The molecule has 1 aliphatic heterocycles. The van der Waals surface area contributed by atoms with Crippen LogP contribution in [-0.4, -0.2) is 34.9 Å². The number of hydrogen-bond acceptors (Lipinski definition) is 6. The monoisotopic (exact) mass is 463 g/mol. The molecule has 2 aromatic heterocycles. The number of thiophene rings is 1. The van der Waals surface area contributed by atoms with Crippen LogP contribution >= 0.6 is 23.1 Å². The number of rotatable bonds is 6. The lowest BCUT2D eigenvalue weighted by Crippen LogP contribution is -2.31. The zero-order chi connectivity index (χ0) is 22.1. The van der Waals surface area contributed by atoms with Crippen LogP contribution in [0.5, 0.6) is 5.75 Å². The quantitative estimate of drug-likeness (QED) is 0.317. The SMILES string of the molecule is COc1ccc(Cn2c(SCC(=O)N3CCc4ccccc43)nc3ccsc3c2=O)cc1. The first-order chi connectivity index (χ1) is 15.6. The summed E-state index contributed by atoms with van der Waals surface area (Å²) in [6.07, 6.45) is 0.869. The molecule has 162 valence electrons. The Labute approximate surface area is 193 Å². The maximum absolute atomic E-state index is 13.2. The molecule has 1 amide bonds. The van der Waals surface area contributed by atoms with E-state index >= 15 is 0 Å². The van der Waals surface area contributed by atoms with Crippen LogP contribution in [0.15, 0.2) is 69.9 Å². The molecule has 0 radical (unpaired) electrons. The van der Waals surface area contributed by atoms with Gasteiger partial charge in [0.2, 0.25) is 5.91 Å². The van der Waals surface area contributed by atoms with Crippen molar-refractivity contribution in [1.29, 1.82) is 0 Å². The van der Waals surface area contributed by atoms with E-state index in [1.54, 1.807) is 11.7 Å². The molecular formula is C24H21N3O3S2. The van der Waals surface area contributed by atoms with Gasteiger partial charge in [-0.05, 0) is 47.2 Å². The Bertz CT molecular complexity index is 1340. The van der Waals surface area contributed by atoms with E-state index in [1.807, 2.05) is 58.8 Å². The standard InChI is InChI=1S/C24H21N3O3S2/c1-30-18-8-6-16(7-9-18)14-27-23(29)22-19(11-13-31-22)25-24(27)32-15-21(28)26-12-10-17-4-2-3-5-20(17)26/h2-9,11,13H,10,12,14-15H2,1H3. The van der Waals surface area contributed by atoms with Crippen LogP contribution in [0.2, 0.25) is 0 Å². The van der Waals surface area contributed by atoms with Gasteiger partial charge in [0.1, 0.15) is 10.4 Å². The molecule has 0 atom stereocenters. The smallest absolute Gasteiger partial charge is 0.272 e. The highest BCUT2D eigenvalue weighted by atomic mass is 32.2. The Balaban J connectivity index is 1.42. The first-order valence-corrected chi connectivity index (χ1v) is 12.1. The number of fused-ring (bicyclic) bond motifs is 2. The molecule has 8 heteroatoms. The lowest BCUT2D eigenvalue weighted by Gasteiger charge is -2.18. The summed E-state index contributed by atoms with van der Waals surface area (Å²) in [6, 6.07) is 17.5. The summed E-state index contributed by atoms with van der Waals surface area (Å²) in [5.41, 5.74) is 3.73. The summed E-state index contributed by atoms with van der Waals surface area (Å²) in [5.74, 6) is 1.01. The van der Waals surface area contributed by atoms with Crippen LogP contribution in [0.4, 0.5) is 5.69 Å². The number of carbonyl (C=O) groups is 1. The maximum Gasteiger partial charge on any atom is 0.272 e. The molecule has 0 bridgehead atoms. The minimum absolute atomic E-state index is 0.0237. The predicted molar refractivity (Wildman–Crippen MR) is 129 cm³/mol. The molecule has 3 heterocycles. The molecule has 0 fully saturated rings. The van der Waals surface area contributed by atoms with Crippen molar-refractivity contribution < 1.29 is 9.53 Å². The van der Waals surface area contributed by atoms with Crippen molar-refractivity contribution in [2.24, 2.45) is 0 Å². The highest BCUT2D eigenvalue weighted by molar-refractivity contribution is 7.99. The summed E-state index contributed by atoms with van der Waals surface area (Å²) < 4.78 is 7.52. The summed E-state index contributed by atoms with van der Waals surface area (Å²) in [7, 11) is 1.62. The molecule has 5 rings (SSSR count). The van der Waals surface area contributed by atoms with E-state index in [0.717, 1.165) is 23.4 Å². The summed E-state index contributed by atoms with van der Waals surface area (Å²) >= 11 is 2.71. The zero-order valence-corrected chi connectivity index (χ0v) is 19.1. The highest BCUT2D eigenvalue weighted by Crippen LogP contribution is 2.29. The number of ether oxygens (including phenoxy) is 1. The first-order valence-electron chi connectivity index (χ1n) is 10.3. The van der Waals surface area contributed by atoms with E-state index in [0.29, 0.717) is 28.5 Å². The number of methoxy groups -OCH3 is 1. The Hall–Kier alpha value is -3.10. The average molecular weight is 464 g/mol. The number of amides is 1. The van der Waals surface area contributed by atoms with E-state index in [4.69, 9.17) is 9.72 Å². The van der Waals surface area contributed by atoms with Gasteiger partial charge in [-0.1, -0.05) is 42.1 Å². The van der Waals surface area contributed by atoms with Crippen molar-refractivity contribution in [1.82, 2.24) is 9.55 Å². The van der Waals surface area contributed by atoms with E-state index in [9.17, 15) is 9.59 Å². The fourth-order valence-electron chi connectivity index (χ4n) is 3.89. The molecule has 0 aliphatic carbocycles. The average Bonchev–Trinajstić information content (AvgIpc) is 3.47. The third kappa shape index (κ3) is 3.91. The molecule has 0 saturated carbocycles. The van der Waals surface area contributed by atoms with Crippen LogP contribution in [0.25, 0.3) is 10.2 Å². The predicted octanol–water partition coefficient (Wildman–Crippen LogP) is 4.20. The number of aromatic nitrogens is 2. The lowest BCUT2D eigenvalue weighted by atomic mass is 10.2.